The Morgan fingerprint density at radius 2 is 1.96 bits per heavy atom. The fraction of sp³-hybridized carbons (Fsp3) is 0.462. The lowest BCUT2D eigenvalue weighted by Gasteiger charge is -2.33. The second-order valence-electron chi connectivity index (χ2n) is 5.90. The molecule has 146 valence electrons. The van der Waals surface area contributed by atoms with E-state index in [0.29, 0.717) is 4.90 Å². The molecular formula is C13H14F3N7O4. The molecule has 2 aromatic heterocycles. The lowest BCUT2D eigenvalue weighted by atomic mass is 10.0. The van der Waals surface area contributed by atoms with Gasteiger partial charge in [-0.2, -0.15) is 13.2 Å². The van der Waals surface area contributed by atoms with Gasteiger partial charge in [0.05, 0.1) is 6.33 Å². The van der Waals surface area contributed by atoms with Crippen molar-refractivity contribution in [3.63, 3.8) is 0 Å². The monoisotopic (exact) mass is 389 g/mol. The summed E-state index contributed by atoms with van der Waals surface area (Å²) in [4.78, 5) is 41.9. The quantitative estimate of drug-likeness (QED) is 0.250. The number of halogens is 3. The van der Waals surface area contributed by atoms with Crippen LogP contribution < -0.4 is 17.0 Å². The maximum Gasteiger partial charge on any atom is 0.471 e. The number of imidazole rings is 1. The summed E-state index contributed by atoms with van der Waals surface area (Å²) in [5.74, 6) is -2.53. The van der Waals surface area contributed by atoms with Crippen LogP contribution in [-0.2, 0) is 4.79 Å². The highest BCUT2D eigenvalue weighted by Crippen LogP contribution is 2.28. The Bertz CT molecular complexity index is 1030. The number of hydrogen-bond acceptors (Lipinski definition) is 6. The van der Waals surface area contributed by atoms with Crippen molar-refractivity contribution < 1.29 is 23.2 Å². The topological polar surface area (TPSA) is 152 Å². The maximum absolute atomic E-state index is 12.5. The standard InChI is InChI=1S/C13H14F3N7O4/c14-13(15,16)10(25)21-3-1-6(2-4-21)22-5-18-7-8(24)19-12(26)23(9(7)22)11(17)20-27/h5-6,27H,1-4H2,(H2,17,20)(H,19,24,26). The summed E-state index contributed by atoms with van der Waals surface area (Å²) >= 11 is 0. The first-order valence-electron chi connectivity index (χ1n) is 7.71. The molecule has 1 saturated heterocycles. The van der Waals surface area contributed by atoms with Crippen LogP contribution in [-0.4, -0.2) is 60.3 Å². The lowest BCUT2D eigenvalue weighted by Crippen LogP contribution is -2.46. The predicted octanol–water partition coefficient (Wildman–Crippen LogP) is -0.836. The summed E-state index contributed by atoms with van der Waals surface area (Å²) in [6, 6.07) is -0.453. The van der Waals surface area contributed by atoms with Crippen LogP contribution in [0.3, 0.4) is 0 Å². The molecule has 1 aliphatic rings. The van der Waals surface area contributed by atoms with E-state index in [4.69, 9.17) is 10.9 Å². The number of aromatic nitrogens is 4. The Labute approximate surface area is 147 Å². The van der Waals surface area contributed by atoms with Crippen LogP contribution in [0.5, 0.6) is 0 Å². The molecule has 11 nitrogen and oxygen atoms in total. The Morgan fingerprint density at radius 1 is 1.33 bits per heavy atom. The van der Waals surface area contributed by atoms with E-state index in [9.17, 15) is 27.6 Å². The molecule has 0 atom stereocenters. The average Bonchev–Trinajstić information content (AvgIpc) is 3.05. The molecule has 14 heteroatoms. The molecule has 1 fully saturated rings. The summed E-state index contributed by atoms with van der Waals surface area (Å²) in [7, 11) is 0. The van der Waals surface area contributed by atoms with Crippen molar-refractivity contribution in [2.24, 2.45) is 10.9 Å². The Balaban J connectivity index is 1.99. The van der Waals surface area contributed by atoms with E-state index in [0.717, 1.165) is 4.57 Å². The minimum absolute atomic E-state index is 0.0559. The number of nitrogens with zero attached hydrogens (tertiary/aromatic N) is 5. The molecule has 0 spiro atoms. The number of piperidine rings is 1. The lowest BCUT2D eigenvalue weighted by molar-refractivity contribution is -0.186. The van der Waals surface area contributed by atoms with Crippen LogP contribution in [0.15, 0.2) is 21.1 Å². The van der Waals surface area contributed by atoms with E-state index < -0.39 is 35.3 Å². The number of hydrogen-bond donors (Lipinski definition) is 3. The molecule has 0 unspecified atom stereocenters. The van der Waals surface area contributed by atoms with Gasteiger partial charge in [-0.05, 0) is 12.8 Å². The first-order chi connectivity index (χ1) is 12.6. The number of H-pyrrole nitrogens is 1. The van der Waals surface area contributed by atoms with E-state index in [1.54, 1.807) is 0 Å². The molecule has 0 radical (unpaired) electrons. The SMILES string of the molecule is N/C(=N\O)n1c(=O)[nH]c(=O)c2ncn(C3CCN(C(=O)C(F)(F)F)CC3)c21. The van der Waals surface area contributed by atoms with Gasteiger partial charge in [0.2, 0.25) is 5.96 Å². The molecule has 4 N–H and O–H groups in total. The smallest absolute Gasteiger partial charge is 0.408 e. The number of oxime groups is 1. The molecule has 0 saturated carbocycles. The minimum Gasteiger partial charge on any atom is -0.408 e. The summed E-state index contributed by atoms with van der Waals surface area (Å²) < 4.78 is 39.8. The number of nitrogens with two attached hydrogens (primary N) is 1. The highest BCUT2D eigenvalue weighted by molar-refractivity contribution is 5.88. The van der Waals surface area contributed by atoms with Gasteiger partial charge in [-0.25, -0.2) is 14.3 Å². The van der Waals surface area contributed by atoms with Crippen molar-refractivity contribution in [1.82, 2.24) is 24.0 Å². The van der Waals surface area contributed by atoms with Gasteiger partial charge in [-0.3, -0.25) is 14.6 Å². The van der Waals surface area contributed by atoms with Crippen molar-refractivity contribution in [3.8, 4) is 0 Å². The van der Waals surface area contributed by atoms with Gasteiger partial charge in [0.25, 0.3) is 5.56 Å². The molecule has 3 heterocycles. The molecule has 2 aromatic rings. The molecule has 1 amide bonds. The Hall–Kier alpha value is -3.32. The van der Waals surface area contributed by atoms with Crippen molar-refractivity contribution >= 4 is 23.0 Å². The Kier molecular flexibility index (Phi) is 4.41. The van der Waals surface area contributed by atoms with Gasteiger partial charge in [0, 0.05) is 19.1 Å². The van der Waals surface area contributed by atoms with E-state index in [-0.39, 0.29) is 37.1 Å². The van der Waals surface area contributed by atoms with Gasteiger partial charge < -0.3 is 20.4 Å². The van der Waals surface area contributed by atoms with E-state index in [2.05, 4.69) is 10.1 Å². The molecule has 27 heavy (non-hydrogen) atoms. The third kappa shape index (κ3) is 3.13. The molecule has 3 rings (SSSR count). The number of rotatable bonds is 1. The van der Waals surface area contributed by atoms with E-state index in [1.165, 1.54) is 10.9 Å². The normalized spacial score (nSPS) is 16.9. The zero-order valence-electron chi connectivity index (χ0n) is 13.6. The number of alkyl halides is 3. The van der Waals surface area contributed by atoms with Gasteiger partial charge in [0.1, 0.15) is 0 Å². The molecule has 0 bridgehead atoms. The number of fused-ring (bicyclic) bond motifs is 1. The minimum atomic E-state index is -4.95. The van der Waals surface area contributed by atoms with Gasteiger partial charge in [-0.15, -0.1) is 0 Å². The Morgan fingerprint density at radius 3 is 2.52 bits per heavy atom. The number of nitrogens with one attached hydrogen (secondary N) is 1. The number of amides is 1. The van der Waals surface area contributed by atoms with Crippen LogP contribution in [0.2, 0.25) is 0 Å². The molecule has 1 aliphatic heterocycles. The van der Waals surface area contributed by atoms with Gasteiger partial charge >= 0.3 is 17.8 Å². The number of likely N-dealkylation sites (tertiary alicyclic amines) is 1. The summed E-state index contributed by atoms with van der Waals surface area (Å²) in [5.41, 5.74) is 3.53. The van der Waals surface area contributed by atoms with Crippen LogP contribution in [0.25, 0.3) is 11.2 Å². The van der Waals surface area contributed by atoms with Crippen LogP contribution >= 0.6 is 0 Å². The summed E-state index contributed by atoms with van der Waals surface area (Å²) in [5, 5.41) is 11.6. The fourth-order valence-electron chi connectivity index (χ4n) is 3.10. The number of aromatic amines is 1. The zero-order chi connectivity index (χ0) is 19.9. The average molecular weight is 389 g/mol. The van der Waals surface area contributed by atoms with Crippen molar-refractivity contribution in [1.29, 1.82) is 0 Å². The second kappa shape index (κ2) is 6.44. The molecule has 0 aromatic carbocycles. The van der Waals surface area contributed by atoms with E-state index >= 15 is 0 Å². The zero-order valence-corrected chi connectivity index (χ0v) is 13.6. The van der Waals surface area contributed by atoms with Crippen molar-refractivity contribution in [2.45, 2.75) is 25.1 Å². The summed E-state index contributed by atoms with van der Waals surface area (Å²) in [6.45, 7) is -0.334. The predicted molar refractivity (Wildman–Crippen MR) is 84.3 cm³/mol. The third-order valence-electron chi connectivity index (χ3n) is 4.34. The van der Waals surface area contributed by atoms with Crippen LogP contribution in [0.1, 0.15) is 18.9 Å². The van der Waals surface area contributed by atoms with Gasteiger partial charge in [0.15, 0.2) is 11.2 Å². The highest BCUT2D eigenvalue weighted by atomic mass is 19.4. The van der Waals surface area contributed by atoms with E-state index in [1.807, 2.05) is 4.98 Å². The van der Waals surface area contributed by atoms with Crippen molar-refractivity contribution in [2.75, 3.05) is 13.1 Å². The number of carbonyl (C=O) groups excluding carboxylic acids is 1. The number of carbonyl (C=O) groups is 1. The maximum atomic E-state index is 12.5. The molecular weight excluding hydrogens is 375 g/mol. The largest absolute Gasteiger partial charge is 0.471 e. The first-order valence-corrected chi connectivity index (χ1v) is 7.71. The summed E-state index contributed by atoms with van der Waals surface area (Å²) in [6.07, 6.45) is -3.45. The third-order valence-corrected chi connectivity index (χ3v) is 4.34. The highest BCUT2D eigenvalue weighted by Gasteiger charge is 2.43. The van der Waals surface area contributed by atoms with Gasteiger partial charge in [-0.1, -0.05) is 5.16 Å². The molecule has 0 aliphatic carbocycles. The fourth-order valence-corrected chi connectivity index (χ4v) is 3.10. The first kappa shape index (κ1) is 18.5. The van der Waals surface area contributed by atoms with Crippen molar-refractivity contribution in [3.05, 3.63) is 27.2 Å². The van der Waals surface area contributed by atoms with Crippen LogP contribution in [0.4, 0.5) is 13.2 Å². The second-order valence-corrected chi connectivity index (χ2v) is 5.90. The van der Waals surface area contributed by atoms with Crippen LogP contribution in [0, 0.1) is 0 Å².